The van der Waals surface area contributed by atoms with E-state index in [1.54, 1.807) is 31.2 Å². The minimum Gasteiger partial charge on any atom is -0.340 e. The number of nitrogens with two attached hydrogens (primary N) is 1. The Kier molecular flexibility index (Phi) is 4.59. The van der Waals surface area contributed by atoms with Crippen LogP contribution in [0.25, 0.3) is 27.8 Å². The molecule has 0 saturated carbocycles. The van der Waals surface area contributed by atoms with Crippen LogP contribution in [0.2, 0.25) is 0 Å². The summed E-state index contributed by atoms with van der Waals surface area (Å²) in [6, 6.07) is 8.85. The second kappa shape index (κ2) is 7.46. The lowest BCUT2D eigenvalue weighted by Crippen LogP contribution is -2.38. The van der Waals surface area contributed by atoms with E-state index in [1.807, 2.05) is 0 Å². The molecule has 32 heavy (non-hydrogen) atoms. The highest BCUT2D eigenvalue weighted by Crippen LogP contribution is 2.27. The van der Waals surface area contributed by atoms with Crippen molar-refractivity contribution in [3.05, 3.63) is 82.9 Å². The van der Waals surface area contributed by atoms with Crippen molar-refractivity contribution in [3.8, 4) is 5.69 Å². The third kappa shape index (κ3) is 3.15. The van der Waals surface area contributed by atoms with E-state index >= 15 is 0 Å². The van der Waals surface area contributed by atoms with Gasteiger partial charge in [0, 0.05) is 6.07 Å². The summed E-state index contributed by atoms with van der Waals surface area (Å²) in [4.78, 5) is 33.3. The molecule has 0 spiro atoms. The van der Waals surface area contributed by atoms with Crippen molar-refractivity contribution in [2.75, 3.05) is 5.01 Å². The first-order chi connectivity index (χ1) is 15.4. The predicted molar refractivity (Wildman–Crippen MR) is 114 cm³/mol. The molecule has 5 rings (SSSR count). The van der Waals surface area contributed by atoms with Gasteiger partial charge in [-0.1, -0.05) is 12.1 Å². The van der Waals surface area contributed by atoms with E-state index in [0.29, 0.717) is 27.9 Å². The zero-order valence-electron chi connectivity index (χ0n) is 16.7. The van der Waals surface area contributed by atoms with Crippen LogP contribution in [-0.2, 0) is 0 Å². The lowest BCUT2D eigenvalue weighted by molar-refractivity contribution is 0.576. The van der Waals surface area contributed by atoms with Crippen LogP contribution < -0.4 is 16.4 Å². The summed E-state index contributed by atoms with van der Waals surface area (Å²) in [7, 11) is 0. The molecule has 0 aliphatic rings. The second-order valence-corrected chi connectivity index (χ2v) is 7.14. The average Bonchev–Trinajstić information content (AvgIpc) is 3.26. The maximum absolute atomic E-state index is 14.0. The number of nitrogens with one attached hydrogen (secondary N) is 1. The predicted octanol–water partition coefficient (Wildman–Crippen LogP) is 2.77. The van der Waals surface area contributed by atoms with Gasteiger partial charge in [-0.15, -0.1) is 0 Å². The highest BCUT2D eigenvalue weighted by molar-refractivity contribution is 5.82. The number of rotatable bonds is 4. The molecule has 3 heterocycles. The fraction of sp³-hybridized carbons (Fsp3) is 0.0952. The van der Waals surface area contributed by atoms with Crippen LogP contribution in [0.1, 0.15) is 18.8 Å². The first-order valence-electron chi connectivity index (χ1n) is 9.60. The first kappa shape index (κ1) is 19.7. The molecular formula is C21H16F2N8O. The number of hydrazine groups is 1. The monoisotopic (exact) mass is 434 g/mol. The van der Waals surface area contributed by atoms with Crippen molar-refractivity contribution in [1.82, 2.24) is 29.5 Å². The number of benzene rings is 2. The zero-order chi connectivity index (χ0) is 22.4. The number of nitrogens with zero attached hydrogens (tertiary/aromatic N) is 6. The molecule has 2 aromatic carbocycles. The Morgan fingerprint density at radius 1 is 1.09 bits per heavy atom. The standard InChI is InChI=1S/C21H16F2N8O/c1-11(31(24)20-17-18(26-9-25-17)27-10-28-20)19-29-16-5-3-2-4-15(16)21(32)30(19)14-7-12(22)6-13(23)8-14/h2-11H,24H2,1H3,(H,25,26,27,28). The number of H-pyrrole nitrogens is 1. The molecule has 1 unspecified atom stereocenters. The summed E-state index contributed by atoms with van der Waals surface area (Å²) < 4.78 is 29.2. The van der Waals surface area contributed by atoms with E-state index in [0.717, 1.165) is 22.8 Å². The topological polar surface area (TPSA) is 119 Å². The quantitative estimate of drug-likeness (QED) is 0.330. The normalized spacial score (nSPS) is 12.4. The van der Waals surface area contributed by atoms with Crippen molar-refractivity contribution >= 4 is 27.9 Å². The molecule has 3 N–H and O–H groups in total. The minimum atomic E-state index is -0.821. The van der Waals surface area contributed by atoms with Crippen LogP contribution in [0.15, 0.2) is 59.9 Å². The summed E-state index contributed by atoms with van der Waals surface area (Å²) in [5.74, 6) is 5.24. The first-order valence-corrected chi connectivity index (χ1v) is 9.60. The molecule has 0 aliphatic heterocycles. The molecule has 160 valence electrons. The van der Waals surface area contributed by atoms with Crippen LogP contribution >= 0.6 is 0 Å². The van der Waals surface area contributed by atoms with E-state index in [9.17, 15) is 13.6 Å². The van der Waals surface area contributed by atoms with Gasteiger partial charge < -0.3 is 4.98 Å². The van der Waals surface area contributed by atoms with Crippen LogP contribution in [0.3, 0.4) is 0 Å². The molecule has 0 fully saturated rings. The molecule has 0 amide bonds. The summed E-state index contributed by atoms with van der Waals surface area (Å²) in [6.45, 7) is 1.70. The summed E-state index contributed by atoms with van der Waals surface area (Å²) >= 11 is 0. The Bertz CT molecular complexity index is 1510. The molecule has 3 aromatic heterocycles. The fourth-order valence-electron chi connectivity index (χ4n) is 3.60. The summed E-state index contributed by atoms with van der Waals surface area (Å²) in [5, 5.41) is 1.60. The Labute approximate surface area is 179 Å². The van der Waals surface area contributed by atoms with Gasteiger partial charge in [-0.05, 0) is 31.2 Å². The van der Waals surface area contributed by atoms with Crippen molar-refractivity contribution in [2.45, 2.75) is 13.0 Å². The van der Waals surface area contributed by atoms with Crippen molar-refractivity contribution < 1.29 is 8.78 Å². The fourth-order valence-corrected chi connectivity index (χ4v) is 3.60. The van der Waals surface area contributed by atoms with E-state index in [2.05, 4.69) is 24.9 Å². The van der Waals surface area contributed by atoms with Crippen LogP contribution in [0.5, 0.6) is 0 Å². The van der Waals surface area contributed by atoms with Gasteiger partial charge in [-0.25, -0.2) is 34.6 Å². The van der Waals surface area contributed by atoms with Gasteiger partial charge in [0.15, 0.2) is 11.5 Å². The number of hydrogen-bond acceptors (Lipinski definition) is 7. The van der Waals surface area contributed by atoms with Crippen molar-refractivity contribution in [1.29, 1.82) is 0 Å². The third-order valence-electron chi connectivity index (χ3n) is 5.15. The van der Waals surface area contributed by atoms with Crippen molar-refractivity contribution in [3.63, 3.8) is 0 Å². The van der Waals surface area contributed by atoms with Gasteiger partial charge in [0.05, 0.1) is 22.9 Å². The maximum atomic E-state index is 14.0. The van der Waals surface area contributed by atoms with Crippen molar-refractivity contribution in [2.24, 2.45) is 5.84 Å². The molecule has 11 heteroatoms. The number of anilines is 1. The average molecular weight is 434 g/mol. The molecule has 0 saturated heterocycles. The Morgan fingerprint density at radius 2 is 1.84 bits per heavy atom. The maximum Gasteiger partial charge on any atom is 0.266 e. The van der Waals surface area contributed by atoms with Crippen LogP contribution in [0.4, 0.5) is 14.6 Å². The second-order valence-electron chi connectivity index (χ2n) is 7.14. The van der Waals surface area contributed by atoms with Gasteiger partial charge in [-0.3, -0.25) is 14.4 Å². The molecule has 0 radical (unpaired) electrons. The van der Waals surface area contributed by atoms with Gasteiger partial charge in [0.1, 0.15) is 35.3 Å². The molecule has 0 aliphatic carbocycles. The lowest BCUT2D eigenvalue weighted by Gasteiger charge is -2.27. The molecule has 9 nitrogen and oxygen atoms in total. The number of imidazole rings is 1. The highest BCUT2D eigenvalue weighted by Gasteiger charge is 2.25. The molecule has 1 atom stereocenters. The Balaban J connectivity index is 1.75. The highest BCUT2D eigenvalue weighted by atomic mass is 19.1. The zero-order valence-corrected chi connectivity index (χ0v) is 16.7. The smallest absolute Gasteiger partial charge is 0.266 e. The number of para-hydroxylation sites is 1. The lowest BCUT2D eigenvalue weighted by atomic mass is 10.2. The number of hydrogen-bond donors (Lipinski definition) is 2. The number of aromatic amines is 1. The number of aromatic nitrogens is 6. The van der Waals surface area contributed by atoms with E-state index in [1.165, 1.54) is 17.7 Å². The largest absolute Gasteiger partial charge is 0.340 e. The Morgan fingerprint density at radius 3 is 2.62 bits per heavy atom. The number of halogens is 2. The molecular weight excluding hydrogens is 418 g/mol. The van der Waals surface area contributed by atoms with E-state index in [4.69, 9.17) is 5.84 Å². The minimum absolute atomic E-state index is 0.00428. The van der Waals surface area contributed by atoms with E-state index in [-0.39, 0.29) is 11.5 Å². The van der Waals surface area contributed by atoms with Gasteiger partial charge in [0.2, 0.25) is 0 Å². The van der Waals surface area contributed by atoms with Crippen LogP contribution in [-0.4, -0.2) is 29.5 Å². The third-order valence-corrected chi connectivity index (χ3v) is 5.15. The number of fused-ring (bicyclic) bond motifs is 2. The van der Waals surface area contributed by atoms with Gasteiger partial charge >= 0.3 is 0 Å². The Hall–Kier alpha value is -4.25. The van der Waals surface area contributed by atoms with E-state index < -0.39 is 23.2 Å². The summed E-state index contributed by atoms with van der Waals surface area (Å²) in [5.41, 5.74) is 0.845. The van der Waals surface area contributed by atoms with Crippen LogP contribution in [0, 0.1) is 11.6 Å². The van der Waals surface area contributed by atoms with Gasteiger partial charge in [0.25, 0.3) is 5.56 Å². The van der Waals surface area contributed by atoms with Gasteiger partial charge in [-0.2, -0.15) is 0 Å². The molecule has 5 aromatic rings. The molecule has 0 bridgehead atoms. The SMILES string of the molecule is CC(c1nc2ccccc2c(=O)n1-c1cc(F)cc(F)c1)N(N)c1ncnc2nc[nH]c12. The summed E-state index contributed by atoms with van der Waals surface area (Å²) in [6.07, 6.45) is 2.77.